The summed E-state index contributed by atoms with van der Waals surface area (Å²) >= 11 is 3.31. The van der Waals surface area contributed by atoms with Gasteiger partial charge in [-0.05, 0) is 22.0 Å². The van der Waals surface area contributed by atoms with Crippen molar-refractivity contribution in [3.63, 3.8) is 0 Å². The summed E-state index contributed by atoms with van der Waals surface area (Å²) < 4.78 is 0.834. The molecule has 0 unspecified atom stereocenters. The van der Waals surface area contributed by atoms with Crippen LogP contribution < -0.4 is 10.6 Å². The maximum Gasteiger partial charge on any atom is 0.404 e. The van der Waals surface area contributed by atoms with Gasteiger partial charge in [-0.3, -0.25) is 5.32 Å². The molecule has 0 bridgehead atoms. The van der Waals surface area contributed by atoms with Crippen LogP contribution in [0.1, 0.15) is 5.56 Å². The minimum atomic E-state index is -1.10. The molecule has 3 amide bonds. The largest absolute Gasteiger partial charge is 0.465 e. The van der Waals surface area contributed by atoms with Crippen LogP contribution in [0.2, 0.25) is 0 Å². The molecule has 1 aliphatic rings. The van der Waals surface area contributed by atoms with Crippen LogP contribution in [0.25, 0.3) is 0 Å². The molecule has 3 N–H and O–H groups in total. The maximum absolute atomic E-state index is 11.7. The molecule has 1 aromatic heterocycles. The second-order valence-electron chi connectivity index (χ2n) is 3.74. The monoisotopic (exact) mass is 314 g/mol. The van der Waals surface area contributed by atoms with E-state index in [-0.39, 0.29) is 12.6 Å². The number of carbonyl (C=O) groups excluding carboxylic acids is 1. The molecule has 2 heterocycles. The summed E-state index contributed by atoms with van der Waals surface area (Å²) in [5.74, 6) is 0.547. The summed E-state index contributed by atoms with van der Waals surface area (Å²) in [5, 5.41) is 13.3. The summed E-state index contributed by atoms with van der Waals surface area (Å²) in [6.07, 6.45) is 0.512. The Hall–Kier alpha value is -1.83. The van der Waals surface area contributed by atoms with Crippen LogP contribution in [0.5, 0.6) is 0 Å². The van der Waals surface area contributed by atoms with E-state index < -0.39 is 6.09 Å². The van der Waals surface area contributed by atoms with Gasteiger partial charge >= 0.3 is 12.1 Å². The minimum absolute atomic E-state index is 0.194. The average Bonchev–Trinajstić information content (AvgIpc) is 2.30. The summed E-state index contributed by atoms with van der Waals surface area (Å²) in [5.41, 5.74) is 0.888. The minimum Gasteiger partial charge on any atom is -0.465 e. The van der Waals surface area contributed by atoms with E-state index in [1.807, 2.05) is 6.07 Å². The number of nitrogens with one attached hydrogen (secondary N) is 2. The third-order valence-corrected chi connectivity index (χ3v) is 2.90. The van der Waals surface area contributed by atoms with E-state index in [0.29, 0.717) is 18.9 Å². The Morgan fingerprint density at radius 1 is 1.67 bits per heavy atom. The number of fused-ring (bicyclic) bond motifs is 1. The van der Waals surface area contributed by atoms with E-state index in [9.17, 15) is 9.59 Å². The highest BCUT2D eigenvalue weighted by Crippen LogP contribution is 2.23. The molecule has 0 radical (unpaired) electrons. The SMILES string of the molecule is O=C(O)NCCN1Cc2cc(Br)cnc2NC1=O. The number of hydrogen-bond acceptors (Lipinski definition) is 3. The summed E-state index contributed by atoms with van der Waals surface area (Å²) in [6, 6.07) is 1.60. The Morgan fingerprint density at radius 3 is 3.17 bits per heavy atom. The lowest BCUT2D eigenvalue weighted by Gasteiger charge is -2.28. The van der Waals surface area contributed by atoms with Crippen LogP contribution in [0.15, 0.2) is 16.7 Å². The Bertz CT molecular complexity index is 494. The second kappa shape index (κ2) is 5.21. The van der Waals surface area contributed by atoms with Crippen molar-refractivity contribution in [2.75, 3.05) is 18.4 Å². The van der Waals surface area contributed by atoms with E-state index in [2.05, 4.69) is 31.5 Å². The topological polar surface area (TPSA) is 94.6 Å². The number of halogens is 1. The Kier molecular flexibility index (Phi) is 3.66. The van der Waals surface area contributed by atoms with Crippen molar-refractivity contribution in [2.24, 2.45) is 0 Å². The van der Waals surface area contributed by atoms with Gasteiger partial charge in [-0.15, -0.1) is 0 Å². The Labute approximate surface area is 111 Å². The molecule has 0 spiro atoms. The molecule has 1 aromatic rings. The lowest BCUT2D eigenvalue weighted by molar-refractivity contribution is 0.188. The van der Waals surface area contributed by atoms with E-state index in [4.69, 9.17) is 5.11 Å². The van der Waals surface area contributed by atoms with E-state index in [1.165, 1.54) is 4.90 Å². The lowest BCUT2D eigenvalue weighted by Crippen LogP contribution is -2.43. The number of anilines is 1. The average molecular weight is 315 g/mol. The number of carbonyl (C=O) groups is 2. The number of amides is 3. The molecule has 0 saturated heterocycles. The molecule has 0 aromatic carbocycles. The van der Waals surface area contributed by atoms with Gasteiger partial charge < -0.3 is 15.3 Å². The molecule has 1 aliphatic heterocycles. The van der Waals surface area contributed by atoms with Crippen LogP contribution >= 0.6 is 15.9 Å². The molecule has 0 fully saturated rings. The zero-order valence-electron chi connectivity index (χ0n) is 9.31. The molecule has 2 rings (SSSR count). The summed E-state index contributed by atoms with van der Waals surface area (Å²) in [4.78, 5) is 27.6. The first-order chi connectivity index (χ1) is 8.56. The fourth-order valence-corrected chi connectivity index (χ4v) is 2.03. The number of hydrogen-bond donors (Lipinski definition) is 3. The molecule has 7 nitrogen and oxygen atoms in total. The van der Waals surface area contributed by atoms with Crippen molar-refractivity contribution in [3.05, 3.63) is 22.3 Å². The number of carboxylic acid groups (broad SMARTS) is 1. The quantitative estimate of drug-likeness (QED) is 0.787. The molecule has 8 heteroatoms. The first-order valence-corrected chi connectivity index (χ1v) is 6.02. The van der Waals surface area contributed by atoms with Crippen molar-refractivity contribution in [1.82, 2.24) is 15.2 Å². The second-order valence-corrected chi connectivity index (χ2v) is 4.66. The first-order valence-electron chi connectivity index (χ1n) is 5.23. The zero-order chi connectivity index (χ0) is 13.1. The molecule has 0 saturated carbocycles. The fourth-order valence-electron chi connectivity index (χ4n) is 1.65. The van der Waals surface area contributed by atoms with Crippen molar-refractivity contribution < 1.29 is 14.7 Å². The third-order valence-electron chi connectivity index (χ3n) is 2.46. The van der Waals surface area contributed by atoms with Gasteiger partial charge in [-0.25, -0.2) is 14.6 Å². The molecule has 0 aliphatic carbocycles. The van der Waals surface area contributed by atoms with Crippen LogP contribution in [-0.2, 0) is 6.54 Å². The highest BCUT2D eigenvalue weighted by molar-refractivity contribution is 9.10. The van der Waals surface area contributed by atoms with Gasteiger partial charge in [-0.1, -0.05) is 0 Å². The molecule has 18 heavy (non-hydrogen) atoms. The Morgan fingerprint density at radius 2 is 2.44 bits per heavy atom. The highest BCUT2D eigenvalue weighted by Gasteiger charge is 2.23. The zero-order valence-corrected chi connectivity index (χ0v) is 10.9. The van der Waals surface area contributed by atoms with Crippen LogP contribution in [0.4, 0.5) is 15.4 Å². The van der Waals surface area contributed by atoms with Gasteiger partial charge in [0.1, 0.15) is 5.82 Å². The normalized spacial score (nSPS) is 13.8. The highest BCUT2D eigenvalue weighted by atomic mass is 79.9. The smallest absolute Gasteiger partial charge is 0.404 e. The molecule has 0 atom stereocenters. The number of pyridine rings is 1. The van der Waals surface area contributed by atoms with E-state index >= 15 is 0 Å². The van der Waals surface area contributed by atoms with Crippen molar-refractivity contribution >= 4 is 33.9 Å². The van der Waals surface area contributed by atoms with Crippen molar-refractivity contribution in [2.45, 2.75) is 6.54 Å². The standard InChI is InChI=1S/C10H11BrN4O3/c11-7-3-6-5-15(2-1-12-10(17)18)9(16)14-8(6)13-4-7/h3-4,12H,1-2,5H2,(H,17,18)(H,13,14,16). The maximum atomic E-state index is 11.7. The first kappa shape index (κ1) is 12.6. The predicted octanol–water partition coefficient (Wildman–Crippen LogP) is 1.46. The number of urea groups is 1. The number of nitrogens with zero attached hydrogens (tertiary/aromatic N) is 2. The molecular weight excluding hydrogens is 304 g/mol. The van der Waals surface area contributed by atoms with E-state index in [0.717, 1.165) is 10.0 Å². The molecule has 96 valence electrons. The third kappa shape index (κ3) is 2.89. The fraction of sp³-hybridized carbons (Fsp3) is 0.300. The van der Waals surface area contributed by atoms with E-state index in [1.54, 1.807) is 6.20 Å². The number of aromatic nitrogens is 1. The lowest BCUT2D eigenvalue weighted by atomic mass is 10.2. The van der Waals surface area contributed by atoms with Crippen molar-refractivity contribution in [1.29, 1.82) is 0 Å². The van der Waals surface area contributed by atoms with Gasteiger partial charge in [0, 0.05) is 29.3 Å². The van der Waals surface area contributed by atoms with Crippen molar-refractivity contribution in [3.8, 4) is 0 Å². The Balaban J connectivity index is 2.03. The predicted molar refractivity (Wildman–Crippen MR) is 67.4 cm³/mol. The molecular formula is C10H11BrN4O3. The van der Waals surface area contributed by atoms with Gasteiger partial charge in [-0.2, -0.15) is 0 Å². The van der Waals surface area contributed by atoms with Crippen LogP contribution in [0.3, 0.4) is 0 Å². The van der Waals surface area contributed by atoms with Crippen LogP contribution in [0, 0.1) is 0 Å². The van der Waals surface area contributed by atoms with Gasteiger partial charge in [0.25, 0.3) is 0 Å². The summed E-state index contributed by atoms with van der Waals surface area (Å²) in [6.45, 7) is 0.915. The van der Waals surface area contributed by atoms with Crippen LogP contribution in [-0.4, -0.2) is 40.2 Å². The van der Waals surface area contributed by atoms with Gasteiger partial charge in [0.05, 0.1) is 6.54 Å². The van der Waals surface area contributed by atoms with Gasteiger partial charge in [0.2, 0.25) is 0 Å². The number of rotatable bonds is 3. The van der Waals surface area contributed by atoms with Gasteiger partial charge in [0.15, 0.2) is 0 Å². The summed E-state index contributed by atoms with van der Waals surface area (Å²) in [7, 11) is 0.